The van der Waals surface area contributed by atoms with Gasteiger partial charge in [0.2, 0.25) is 11.8 Å². The van der Waals surface area contributed by atoms with Gasteiger partial charge in [-0.15, -0.1) is 21.5 Å². The molecule has 0 radical (unpaired) electrons. The van der Waals surface area contributed by atoms with Crippen molar-refractivity contribution >= 4 is 39.1 Å². The van der Waals surface area contributed by atoms with Gasteiger partial charge in [0.1, 0.15) is 0 Å². The molecule has 0 aliphatic heterocycles. The molecule has 0 atom stereocenters. The van der Waals surface area contributed by atoms with Crippen LogP contribution in [-0.4, -0.2) is 32.0 Å². The van der Waals surface area contributed by atoms with Crippen LogP contribution in [0, 0.1) is 0 Å². The highest BCUT2D eigenvalue weighted by Gasteiger charge is 2.34. The minimum Gasteiger partial charge on any atom is -0.419 e. The minimum absolute atomic E-state index is 0.0240. The highest BCUT2D eigenvalue weighted by Crippen LogP contribution is 2.31. The number of hydrogen-bond donors (Lipinski definition) is 0. The van der Waals surface area contributed by atoms with Crippen LogP contribution in [0.15, 0.2) is 52.4 Å². The van der Waals surface area contributed by atoms with Crippen LogP contribution in [0.25, 0.3) is 21.7 Å². The molecule has 0 saturated heterocycles. The normalized spacial score (nSPS) is 13.8. The molecule has 2 heterocycles. The van der Waals surface area contributed by atoms with Gasteiger partial charge in [-0.2, -0.15) is 0 Å². The summed E-state index contributed by atoms with van der Waals surface area (Å²) < 4.78 is 6.80. The van der Waals surface area contributed by atoms with E-state index in [-0.39, 0.29) is 11.9 Å². The van der Waals surface area contributed by atoms with Gasteiger partial charge in [0.05, 0.1) is 22.3 Å². The zero-order chi connectivity index (χ0) is 19.1. The lowest BCUT2D eigenvalue weighted by Gasteiger charge is -2.20. The van der Waals surface area contributed by atoms with E-state index < -0.39 is 0 Å². The van der Waals surface area contributed by atoms with E-state index in [9.17, 15) is 4.79 Å². The molecule has 0 unspecified atom stereocenters. The van der Waals surface area contributed by atoms with Crippen LogP contribution in [0.1, 0.15) is 29.1 Å². The first-order valence-electron chi connectivity index (χ1n) is 8.90. The van der Waals surface area contributed by atoms with Crippen molar-refractivity contribution in [3.8, 4) is 11.5 Å². The molecule has 2 aromatic carbocycles. The van der Waals surface area contributed by atoms with Gasteiger partial charge in [-0.1, -0.05) is 11.6 Å². The molecule has 5 rings (SSSR count). The van der Waals surface area contributed by atoms with Crippen LogP contribution < -0.4 is 0 Å². The van der Waals surface area contributed by atoms with E-state index >= 15 is 0 Å². The van der Waals surface area contributed by atoms with E-state index in [0.29, 0.717) is 28.9 Å². The lowest BCUT2D eigenvalue weighted by molar-refractivity contribution is 0.0714. The summed E-state index contributed by atoms with van der Waals surface area (Å²) in [6, 6.07) is 13.0. The van der Waals surface area contributed by atoms with E-state index in [0.717, 1.165) is 28.6 Å². The summed E-state index contributed by atoms with van der Waals surface area (Å²) in [5.41, 5.74) is 4.14. The van der Waals surface area contributed by atoms with Crippen molar-refractivity contribution < 1.29 is 9.21 Å². The highest BCUT2D eigenvalue weighted by molar-refractivity contribution is 7.16. The second-order valence-corrected chi connectivity index (χ2v) is 8.03. The Hall–Kier alpha value is -2.77. The maximum absolute atomic E-state index is 13.1. The molecule has 2 aromatic heterocycles. The van der Waals surface area contributed by atoms with Gasteiger partial charge in [0.25, 0.3) is 5.91 Å². The fraction of sp³-hybridized carbons (Fsp3) is 0.200. The van der Waals surface area contributed by atoms with Crippen LogP contribution in [0.2, 0.25) is 5.02 Å². The number of fused-ring (bicyclic) bond motifs is 1. The number of halogens is 1. The zero-order valence-corrected chi connectivity index (χ0v) is 16.3. The summed E-state index contributed by atoms with van der Waals surface area (Å²) >= 11 is 7.45. The number of rotatable bonds is 5. The molecular weight excluding hydrogens is 396 g/mol. The average Bonchev–Trinajstić information content (AvgIpc) is 3.25. The molecule has 4 aromatic rings. The first-order valence-corrected chi connectivity index (χ1v) is 10.2. The Labute approximate surface area is 169 Å². The SMILES string of the molecule is O=C(c1ccc2ncsc2c1)N(Cc1nnc(-c2ccc(Cl)cc2)o1)C1CC1. The predicted octanol–water partition coefficient (Wildman–Crippen LogP) is 4.80. The van der Waals surface area contributed by atoms with Gasteiger partial charge < -0.3 is 9.32 Å². The van der Waals surface area contributed by atoms with Crippen molar-refractivity contribution in [1.29, 1.82) is 0 Å². The summed E-state index contributed by atoms with van der Waals surface area (Å²) in [5, 5.41) is 8.89. The number of benzene rings is 2. The fourth-order valence-electron chi connectivity index (χ4n) is 3.08. The summed E-state index contributed by atoms with van der Waals surface area (Å²) in [6.45, 7) is 0.296. The summed E-state index contributed by atoms with van der Waals surface area (Å²) in [4.78, 5) is 19.2. The number of carbonyl (C=O) groups excluding carboxylic acids is 1. The molecule has 0 N–H and O–H groups in total. The van der Waals surface area contributed by atoms with Crippen LogP contribution >= 0.6 is 22.9 Å². The number of aromatic nitrogens is 3. The molecule has 1 saturated carbocycles. The lowest BCUT2D eigenvalue weighted by Crippen LogP contribution is -2.32. The lowest BCUT2D eigenvalue weighted by atomic mass is 10.2. The van der Waals surface area contributed by atoms with Crippen molar-refractivity contribution in [2.75, 3.05) is 0 Å². The Morgan fingerprint density at radius 3 is 2.79 bits per heavy atom. The van der Waals surface area contributed by atoms with Gasteiger partial charge in [-0.3, -0.25) is 4.79 Å². The van der Waals surface area contributed by atoms with Gasteiger partial charge >= 0.3 is 0 Å². The monoisotopic (exact) mass is 410 g/mol. The third-order valence-electron chi connectivity index (χ3n) is 4.69. The molecule has 28 heavy (non-hydrogen) atoms. The second-order valence-electron chi connectivity index (χ2n) is 6.71. The average molecular weight is 411 g/mol. The van der Waals surface area contributed by atoms with Crippen LogP contribution in [0.3, 0.4) is 0 Å². The van der Waals surface area contributed by atoms with E-state index in [2.05, 4.69) is 15.2 Å². The third kappa shape index (κ3) is 3.39. The Bertz CT molecular complexity index is 1150. The fourth-order valence-corrected chi connectivity index (χ4v) is 3.92. The van der Waals surface area contributed by atoms with Crippen molar-refractivity contribution in [2.24, 2.45) is 0 Å². The van der Waals surface area contributed by atoms with Gasteiger partial charge in [0, 0.05) is 22.2 Å². The number of thiazole rings is 1. The molecule has 1 aliphatic carbocycles. The predicted molar refractivity (Wildman–Crippen MR) is 107 cm³/mol. The van der Waals surface area contributed by atoms with E-state index in [1.165, 1.54) is 11.3 Å². The molecule has 0 spiro atoms. The molecule has 6 nitrogen and oxygen atoms in total. The highest BCUT2D eigenvalue weighted by atomic mass is 35.5. The van der Waals surface area contributed by atoms with Crippen molar-refractivity contribution in [2.45, 2.75) is 25.4 Å². The first-order chi connectivity index (χ1) is 13.7. The van der Waals surface area contributed by atoms with E-state index in [1.54, 1.807) is 17.6 Å². The van der Waals surface area contributed by atoms with Crippen LogP contribution in [-0.2, 0) is 6.54 Å². The van der Waals surface area contributed by atoms with E-state index in [1.807, 2.05) is 35.2 Å². The molecule has 1 fully saturated rings. The molecule has 0 bridgehead atoms. The number of amides is 1. The molecule has 1 amide bonds. The first kappa shape index (κ1) is 17.3. The van der Waals surface area contributed by atoms with Gasteiger partial charge in [0.15, 0.2) is 0 Å². The molecule has 140 valence electrons. The van der Waals surface area contributed by atoms with Gasteiger partial charge in [-0.05, 0) is 55.3 Å². The Kier molecular flexibility index (Phi) is 4.33. The topological polar surface area (TPSA) is 72.1 Å². The summed E-state index contributed by atoms with van der Waals surface area (Å²) in [6.07, 6.45) is 1.99. The standard InChI is InChI=1S/C20H15ClN4O2S/c21-14-4-1-12(2-5-14)19-24-23-18(27-19)10-25(15-6-7-15)20(26)13-3-8-16-17(9-13)28-11-22-16/h1-5,8-9,11,15H,6-7,10H2. The quantitative estimate of drug-likeness (QED) is 0.472. The number of hydrogen-bond acceptors (Lipinski definition) is 6. The van der Waals surface area contributed by atoms with Crippen LogP contribution in [0.5, 0.6) is 0 Å². The number of nitrogens with zero attached hydrogens (tertiary/aromatic N) is 4. The maximum atomic E-state index is 13.1. The third-order valence-corrected chi connectivity index (χ3v) is 5.73. The van der Waals surface area contributed by atoms with Crippen molar-refractivity contribution in [1.82, 2.24) is 20.1 Å². The molecular formula is C20H15ClN4O2S. The van der Waals surface area contributed by atoms with E-state index in [4.69, 9.17) is 16.0 Å². The summed E-state index contributed by atoms with van der Waals surface area (Å²) in [7, 11) is 0. The van der Waals surface area contributed by atoms with Crippen molar-refractivity contribution in [3.63, 3.8) is 0 Å². The smallest absolute Gasteiger partial charge is 0.254 e. The Morgan fingerprint density at radius 1 is 1.18 bits per heavy atom. The molecule has 1 aliphatic rings. The zero-order valence-electron chi connectivity index (χ0n) is 14.7. The largest absolute Gasteiger partial charge is 0.419 e. The van der Waals surface area contributed by atoms with Crippen molar-refractivity contribution in [3.05, 3.63) is 64.5 Å². The Morgan fingerprint density at radius 2 is 2.00 bits per heavy atom. The summed E-state index contributed by atoms with van der Waals surface area (Å²) in [5.74, 6) is 0.814. The molecule has 8 heteroatoms. The van der Waals surface area contributed by atoms with Gasteiger partial charge in [-0.25, -0.2) is 4.98 Å². The Balaban J connectivity index is 1.38. The van der Waals surface area contributed by atoms with Crippen LogP contribution in [0.4, 0.5) is 0 Å². The maximum Gasteiger partial charge on any atom is 0.254 e. The number of carbonyl (C=O) groups is 1. The minimum atomic E-state index is -0.0240. The second kappa shape index (κ2) is 7.00.